The van der Waals surface area contributed by atoms with Gasteiger partial charge in [-0.2, -0.15) is 0 Å². The molecule has 0 spiro atoms. The molecule has 0 saturated carbocycles. The number of benzene rings is 1. The molecular weight excluding hydrogens is 404 g/mol. The Morgan fingerprint density at radius 3 is 2.59 bits per heavy atom. The lowest BCUT2D eigenvalue weighted by Crippen LogP contribution is -2.45. The number of rotatable bonds is 7. The molecule has 4 rings (SSSR count). The minimum absolute atomic E-state index is 0.0794. The number of aromatic amines is 1. The third-order valence-electron chi connectivity index (χ3n) is 5.69. The van der Waals surface area contributed by atoms with E-state index in [1.165, 1.54) is 6.07 Å². The number of aromatic nitrogens is 3. The van der Waals surface area contributed by atoms with Crippen molar-refractivity contribution in [2.24, 2.45) is 5.92 Å². The van der Waals surface area contributed by atoms with Crippen molar-refractivity contribution in [3.05, 3.63) is 82.4 Å². The summed E-state index contributed by atoms with van der Waals surface area (Å²) < 4.78 is 0. The molecule has 0 aliphatic carbocycles. The maximum atomic E-state index is 13.0. The van der Waals surface area contributed by atoms with Crippen LogP contribution in [0, 0.1) is 5.92 Å². The number of nitrogens with zero attached hydrogens (tertiary/aromatic N) is 2. The van der Waals surface area contributed by atoms with E-state index in [9.17, 15) is 9.59 Å². The number of hydrogen-bond donors (Lipinski definition) is 4. The molecule has 3 aromatic rings. The minimum Gasteiger partial charge on any atom is -0.348 e. The van der Waals surface area contributed by atoms with Crippen molar-refractivity contribution in [2.45, 2.75) is 44.8 Å². The van der Waals surface area contributed by atoms with Gasteiger partial charge in [0.25, 0.3) is 5.56 Å². The van der Waals surface area contributed by atoms with Gasteiger partial charge >= 0.3 is 0 Å². The van der Waals surface area contributed by atoms with E-state index in [4.69, 9.17) is 0 Å². The molecular formula is C24H28N6O2. The maximum Gasteiger partial charge on any atom is 0.251 e. The average Bonchev–Trinajstić information content (AvgIpc) is 3.30. The van der Waals surface area contributed by atoms with Gasteiger partial charge < -0.3 is 10.3 Å². The minimum atomic E-state index is -0.325. The van der Waals surface area contributed by atoms with Gasteiger partial charge in [-0.25, -0.2) is 10.4 Å². The molecule has 4 N–H and O–H groups in total. The van der Waals surface area contributed by atoms with Gasteiger partial charge in [-0.1, -0.05) is 50.2 Å². The lowest BCUT2D eigenvalue weighted by molar-refractivity contribution is -0.123. The molecule has 1 aromatic carbocycles. The zero-order valence-corrected chi connectivity index (χ0v) is 18.2. The Bertz CT molecular complexity index is 1100. The molecule has 3 unspecified atom stereocenters. The largest absolute Gasteiger partial charge is 0.348 e. The number of hydrazine groups is 1. The summed E-state index contributed by atoms with van der Waals surface area (Å²) in [6, 6.07) is 16.3. The van der Waals surface area contributed by atoms with Crippen molar-refractivity contribution in [1.29, 1.82) is 0 Å². The second-order valence-electron chi connectivity index (χ2n) is 8.40. The van der Waals surface area contributed by atoms with E-state index in [1.807, 2.05) is 42.5 Å². The fraction of sp³-hybridized carbons (Fsp3) is 0.333. The first-order valence-electron chi connectivity index (χ1n) is 10.9. The number of hydrogen-bond acceptors (Lipinski definition) is 6. The molecule has 166 valence electrons. The Hall–Kier alpha value is -3.36. The molecule has 1 amide bonds. The van der Waals surface area contributed by atoms with Crippen LogP contribution in [-0.4, -0.2) is 32.9 Å². The summed E-state index contributed by atoms with van der Waals surface area (Å²) in [7, 11) is 0. The monoisotopic (exact) mass is 432 g/mol. The highest BCUT2D eigenvalue weighted by Gasteiger charge is 2.32. The highest BCUT2D eigenvalue weighted by Crippen LogP contribution is 2.20. The first-order chi connectivity index (χ1) is 15.5. The first kappa shape index (κ1) is 21.9. The maximum absolute atomic E-state index is 13.0. The van der Waals surface area contributed by atoms with Crippen LogP contribution in [0.5, 0.6) is 0 Å². The fourth-order valence-electron chi connectivity index (χ4n) is 3.85. The summed E-state index contributed by atoms with van der Waals surface area (Å²) in [5, 5.41) is 3.15. The third kappa shape index (κ3) is 5.27. The molecule has 1 saturated heterocycles. The van der Waals surface area contributed by atoms with Crippen LogP contribution in [-0.2, 0) is 11.2 Å². The van der Waals surface area contributed by atoms with Gasteiger partial charge in [-0.15, -0.1) is 0 Å². The van der Waals surface area contributed by atoms with Crippen LogP contribution in [0.4, 0.5) is 0 Å². The second-order valence-corrected chi connectivity index (χ2v) is 8.40. The van der Waals surface area contributed by atoms with Gasteiger partial charge in [0.05, 0.1) is 11.7 Å². The average molecular weight is 433 g/mol. The lowest BCUT2D eigenvalue weighted by Gasteiger charge is -2.21. The number of nitrogens with one attached hydrogen (secondary N) is 4. The summed E-state index contributed by atoms with van der Waals surface area (Å²) in [4.78, 5) is 37.0. The topological polar surface area (TPSA) is 112 Å². The zero-order chi connectivity index (χ0) is 22.5. The van der Waals surface area contributed by atoms with E-state index >= 15 is 0 Å². The quantitative estimate of drug-likeness (QED) is 0.455. The molecule has 32 heavy (non-hydrogen) atoms. The van der Waals surface area contributed by atoms with Crippen molar-refractivity contribution >= 4 is 5.91 Å². The van der Waals surface area contributed by atoms with Crippen molar-refractivity contribution in [1.82, 2.24) is 31.1 Å². The summed E-state index contributed by atoms with van der Waals surface area (Å²) in [5.74, 6) is 0.757. The Balaban J connectivity index is 1.57. The second kappa shape index (κ2) is 9.84. The number of amides is 1. The normalized spacial score (nSPS) is 19.1. The Kier molecular flexibility index (Phi) is 6.72. The van der Waals surface area contributed by atoms with Gasteiger partial charge in [0.15, 0.2) is 5.82 Å². The van der Waals surface area contributed by atoms with Crippen LogP contribution >= 0.6 is 0 Å². The first-order valence-corrected chi connectivity index (χ1v) is 10.9. The molecule has 1 fully saturated rings. The standard InChI is InChI=1S/C24H28N6O2/c1-15(2)19-14-21(30-29-19)24(32)27-20(16-8-4-3-5-9-16)12-17-13-22(31)28-23(26-17)18-10-6-7-11-25-18/h3-11,13,15,19-21,29-30H,12,14H2,1-2H3,(H,27,32)(H,26,28,31). The zero-order valence-electron chi connectivity index (χ0n) is 18.2. The van der Waals surface area contributed by atoms with E-state index in [1.54, 1.807) is 12.3 Å². The molecule has 3 atom stereocenters. The SMILES string of the molecule is CC(C)C1CC(C(=O)NC(Cc2cc(=O)[nH]c(-c3ccccn3)n2)c2ccccc2)NN1. The van der Waals surface area contributed by atoms with Gasteiger partial charge in [0.2, 0.25) is 5.91 Å². The van der Waals surface area contributed by atoms with Gasteiger partial charge in [-0.05, 0) is 30.0 Å². The van der Waals surface area contributed by atoms with Gasteiger partial charge in [-0.3, -0.25) is 20.0 Å². The van der Waals surface area contributed by atoms with E-state index in [0.29, 0.717) is 29.6 Å². The van der Waals surface area contributed by atoms with Crippen molar-refractivity contribution < 1.29 is 4.79 Å². The predicted molar refractivity (Wildman–Crippen MR) is 122 cm³/mol. The van der Waals surface area contributed by atoms with Crippen LogP contribution in [0.15, 0.2) is 65.6 Å². The van der Waals surface area contributed by atoms with Crippen LogP contribution in [0.3, 0.4) is 0 Å². The number of pyridine rings is 1. The number of carbonyl (C=O) groups is 1. The smallest absolute Gasteiger partial charge is 0.251 e. The van der Waals surface area contributed by atoms with Crippen LogP contribution in [0.2, 0.25) is 0 Å². The Morgan fingerprint density at radius 2 is 1.91 bits per heavy atom. The van der Waals surface area contributed by atoms with E-state index in [2.05, 4.69) is 45.0 Å². The fourth-order valence-corrected chi connectivity index (χ4v) is 3.85. The number of carbonyl (C=O) groups excluding carboxylic acids is 1. The van der Waals surface area contributed by atoms with Crippen LogP contribution in [0.1, 0.15) is 37.6 Å². The summed E-state index contributed by atoms with van der Waals surface area (Å²) in [5.41, 5.74) is 8.19. The number of H-pyrrole nitrogens is 1. The summed E-state index contributed by atoms with van der Waals surface area (Å²) in [6.07, 6.45) is 2.76. The molecule has 0 radical (unpaired) electrons. The third-order valence-corrected chi connectivity index (χ3v) is 5.69. The predicted octanol–water partition coefficient (Wildman–Crippen LogP) is 2.12. The van der Waals surface area contributed by atoms with Crippen LogP contribution in [0.25, 0.3) is 11.5 Å². The Labute approximate surface area is 186 Å². The van der Waals surface area contributed by atoms with Crippen LogP contribution < -0.4 is 21.7 Å². The summed E-state index contributed by atoms with van der Waals surface area (Å²) in [6.45, 7) is 4.26. The highest BCUT2D eigenvalue weighted by molar-refractivity contribution is 5.82. The molecule has 2 aromatic heterocycles. The van der Waals surface area contributed by atoms with Gasteiger partial charge in [0.1, 0.15) is 11.7 Å². The molecule has 1 aliphatic rings. The Morgan fingerprint density at radius 1 is 1.12 bits per heavy atom. The van der Waals surface area contributed by atoms with Crippen molar-refractivity contribution in [2.75, 3.05) is 0 Å². The molecule has 8 heteroatoms. The van der Waals surface area contributed by atoms with Gasteiger partial charge in [0, 0.05) is 24.7 Å². The van der Waals surface area contributed by atoms with Crippen molar-refractivity contribution in [3.8, 4) is 11.5 Å². The molecule has 1 aliphatic heterocycles. The van der Waals surface area contributed by atoms with E-state index < -0.39 is 0 Å². The molecule has 0 bridgehead atoms. The molecule has 8 nitrogen and oxygen atoms in total. The van der Waals surface area contributed by atoms with Crippen molar-refractivity contribution in [3.63, 3.8) is 0 Å². The molecule has 3 heterocycles. The van der Waals surface area contributed by atoms with E-state index in [0.717, 1.165) is 12.0 Å². The lowest BCUT2D eigenvalue weighted by atomic mass is 9.98. The highest BCUT2D eigenvalue weighted by atomic mass is 16.2. The summed E-state index contributed by atoms with van der Waals surface area (Å²) >= 11 is 0. The van der Waals surface area contributed by atoms with E-state index in [-0.39, 0.29) is 29.6 Å².